The first-order chi connectivity index (χ1) is 13.2. The maximum absolute atomic E-state index is 13.5. The van der Waals surface area contributed by atoms with Crippen molar-refractivity contribution >= 4 is 11.4 Å². The van der Waals surface area contributed by atoms with E-state index in [-0.39, 0.29) is 5.56 Å². The molecule has 3 rings (SSSR count). The molecule has 1 aromatic carbocycles. The van der Waals surface area contributed by atoms with E-state index < -0.39 is 11.7 Å². The Bertz CT molecular complexity index is 763. The third-order valence-corrected chi connectivity index (χ3v) is 4.99. The van der Waals surface area contributed by atoms with Gasteiger partial charge in [0.15, 0.2) is 0 Å². The fourth-order valence-electron chi connectivity index (χ4n) is 3.26. The fourth-order valence-corrected chi connectivity index (χ4v) is 3.26. The quantitative estimate of drug-likeness (QED) is 0.631. The molecule has 2 aromatic rings. The average molecular weight is 397 g/mol. The molecule has 0 saturated carbocycles. The summed E-state index contributed by atoms with van der Waals surface area (Å²) in [5, 5.41) is 3.99. The van der Waals surface area contributed by atoms with Gasteiger partial charge in [0.25, 0.3) is 0 Å². The zero-order valence-corrected chi connectivity index (χ0v) is 17.5. The summed E-state index contributed by atoms with van der Waals surface area (Å²) in [6.45, 7) is 5.94. The van der Waals surface area contributed by atoms with E-state index in [4.69, 9.17) is 0 Å². The van der Waals surface area contributed by atoms with Crippen molar-refractivity contribution in [2.45, 2.75) is 45.7 Å². The monoisotopic (exact) mass is 396 g/mol. The van der Waals surface area contributed by atoms with Crippen molar-refractivity contribution in [3.63, 3.8) is 0 Å². The molecule has 2 heterocycles. The van der Waals surface area contributed by atoms with E-state index >= 15 is 0 Å². The Morgan fingerprint density at radius 2 is 1.46 bits per heavy atom. The minimum atomic E-state index is -4.41. The molecule has 1 aliphatic rings. The predicted molar refractivity (Wildman–Crippen MR) is 110 cm³/mol. The average Bonchev–Trinajstić information content (AvgIpc) is 3.08. The smallest absolute Gasteiger partial charge is 0.371 e. The summed E-state index contributed by atoms with van der Waals surface area (Å²) in [6, 6.07) is 2.86. The highest BCUT2D eigenvalue weighted by Gasteiger charge is 2.36. The molecule has 0 N–H and O–H groups in total. The minimum absolute atomic E-state index is 0.168. The van der Waals surface area contributed by atoms with Gasteiger partial charge in [0.1, 0.15) is 0 Å². The molecule has 0 radical (unpaired) electrons. The number of likely N-dealkylation sites (N-methyl/N-ethyl adjacent to an activating group) is 2. The lowest BCUT2D eigenvalue weighted by Crippen LogP contribution is -2.37. The molecular weight excluding hydrogens is 365 g/mol. The van der Waals surface area contributed by atoms with Crippen molar-refractivity contribution in [3.05, 3.63) is 30.1 Å². The molecule has 0 atom stereocenters. The highest BCUT2D eigenvalue weighted by atomic mass is 19.4. The van der Waals surface area contributed by atoms with Crippen LogP contribution in [0.1, 0.15) is 45.1 Å². The number of anilines is 2. The first-order valence-electron chi connectivity index (χ1n) is 9.85. The van der Waals surface area contributed by atoms with Crippen LogP contribution in [0.3, 0.4) is 0 Å². The van der Waals surface area contributed by atoms with Crippen LogP contribution in [-0.4, -0.2) is 37.0 Å². The number of rotatable bonds is 4. The molecule has 0 spiro atoms. The SMILES string of the molecule is CCCCCC.CN1CCN(C)c2cc(C(F)(F)F)c(-c3cnn(C)c3)cc21. The third-order valence-electron chi connectivity index (χ3n) is 4.99. The van der Waals surface area contributed by atoms with Crippen LogP contribution in [0.15, 0.2) is 24.5 Å². The maximum Gasteiger partial charge on any atom is 0.417 e. The van der Waals surface area contributed by atoms with E-state index in [0.29, 0.717) is 17.8 Å². The van der Waals surface area contributed by atoms with Gasteiger partial charge in [-0.3, -0.25) is 4.68 Å². The Morgan fingerprint density at radius 3 is 1.89 bits per heavy atom. The fraction of sp³-hybridized carbons (Fsp3) is 0.571. The van der Waals surface area contributed by atoms with E-state index in [1.54, 1.807) is 19.3 Å². The molecule has 0 saturated heterocycles. The molecule has 0 bridgehead atoms. The molecule has 4 nitrogen and oxygen atoms in total. The van der Waals surface area contributed by atoms with Gasteiger partial charge in [-0.25, -0.2) is 0 Å². The second kappa shape index (κ2) is 9.34. The van der Waals surface area contributed by atoms with Gasteiger partial charge in [0, 0.05) is 46.0 Å². The van der Waals surface area contributed by atoms with Crippen LogP contribution >= 0.6 is 0 Å². The van der Waals surface area contributed by atoms with Crippen LogP contribution in [0.2, 0.25) is 0 Å². The molecule has 0 aliphatic carbocycles. The van der Waals surface area contributed by atoms with E-state index in [2.05, 4.69) is 18.9 Å². The van der Waals surface area contributed by atoms with Gasteiger partial charge >= 0.3 is 6.18 Å². The Labute approximate surface area is 165 Å². The summed E-state index contributed by atoms with van der Waals surface area (Å²) in [5.74, 6) is 0. The summed E-state index contributed by atoms with van der Waals surface area (Å²) >= 11 is 0. The van der Waals surface area contributed by atoms with E-state index in [0.717, 1.165) is 12.2 Å². The molecule has 1 aromatic heterocycles. The number of hydrogen-bond acceptors (Lipinski definition) is 3. The Balaban J connectivity index is 0.000000409. The van der Waals surface area contributed by atoms with Crippen LogP contribution in [0.5, 0.6) is 0 Å². The van der Waals surface area contributed by atoms with Crippen LogP contribution in [0, 0.1) is 0 Å². The Kier molecular flexibility index (Phi) is 7.38. The molecule has 156 valence electrons. The Morgan fingerprint density at radius 1 is 0.929 bits per heavy atom. The number of fused-ring (bicyclic) bond motifs is 1. The highest BCUT2D eigenvalue weighted by Crippen LogP contribution is 2.44. The zero-order chi connectivity index (χ0) is 20.9. The second-order valence-electron chi connectivity index (χ2n) is 7.34. The predicted octanol–water partition coefficient (Wildman–Crippen LogP) is 5.58. The molecule has 7 heteroatoms. The molecule has 0 amide bonds. The summed E-state index contributed by atoms with van der Waals surface area (Å²) < 4.78 is 41.9. The number of aryl methyl sites for hydroxylation is 1. The first kappa shape index (κ1) is 22.1. The van der Waals surface area contributed by atoms with Gasteiger partial charge in [-0.2, -0.15) is 18.3 Å². The number of nitrogens with zero attached hydrogens (tertiary/aromatic N) is 4. The number of hydrogen-bond donors (Lipinski definition) is 0. The Hall–Kier alpha value is -2.18. The van der Waals surface area contributed by atoms with Crippen LogP contribution in [0.25, 0.3) is 11.1 Å². The van der Waals surface area contributed by atoms with Gasteiger partial charge in [-0.1, -0.05) is 39.5 Å². The second-order valence-corrected chi connectivity index (χ2v) is 7.34. The van der Waals surface area contributed by atoms with Gasteiger partial charge in [-0.15, -0.1) is 0 Å². The number of benzene rings is 1. The third kappa shape index (κ3) is 5.20. The number of alkyl halides is 3. The van der Waals surface area contributed by atoms with Crippen molar-refractivity contribution in [1.29, 1.82) is 0 Å². The maximum atomic E-state index is 13.5. The van der Waals surface area contributed by atoms with Gasteiger partial charge < -0.3 is 9.80 Å². The topological polar surface area (TPSA) is 24.3 Å². The highest BCUT2D eigenvalue weighted by molar-refractivity contribution is 5.82. The number of aromatic nitrogens is 2. The van der Waals surface area contributed by atoms with E-state index in [9.17, 15) is 13.2 Å². The molecule has 0 fully saturated rings. The van der Waals surface area contributed by atoms with E-state index in [1.165, 1.54) is 42.6 Å². The molecule has 1 aliphatic heterocycles. The van der Waals surface area contributed by atoms with Crippen molar-refractivity contribution in [2.75, 3.05) is 37.0 Å². The van der Waals surface area contributed by atoms with Crippen LogP contribution in [0.4, 0.5) is 24.5 Å². The normalized spacial score (nSPS) is 13.9. The van der Waals surface area contributed by atoms with Gasteiger partial charge in [0.2, 0.25) is 0 Å². The zero-order valence-electron chi connectivity index (χ0n) is 17.5. The van der Waals surface area contributed by atoms with Crippen molar-refractivity contribution in [3.8, 4) is 11.1 Å². The van der Waals surface area contributed by atoms with Crippen molar-refractivity contribution in [2.24, 2.45) is 7.05 Å². The van der Waals surface area contributed by atoms with Crippen LogP contribution < -0.4 is 9.80 Å². The lowest BCUT2D eigenvalue weighted by atomic mass is 9.98. The van der Waals surface area contributed by atoms with Crippen molar-refractivity contribution < 1.29 is 13.2 Å². The minimum Gasteiger partial charge on any atom is -0.371 e. The van der Waals surface area contributed by atoms with E-state index in [1.807, 2.05) is 23.9 Å². The largest absolute Gasteiger partial charge is 0.417 e. The van der Waals surface area contributed by atoms with Gasteiger partial charge in [0.05, 0.1) is 23.1 Å². The first-order valence-corrected chi connectivity index (χ1v) is 9.85. The number of unbranched alkanes of at least 4 members (excludes halogenated alkanes) is 3. The molecular formula is C21H31F3N4. The lowest BCUT2D eigenvalue weighted by molar-refractivity contribution is -0.137. The standard InChI is InChI=1S/C15H17F3N4.C6H14/c1-20-4-5-21(2)14-7-12(15(16,17)18)11(6-13(14)20)10-8-19-22(3)9-10;1-3-5-6-4-2/h6-9H,4-5H2,1-3H3;3-6H2,1-2H3. The summed E-state index contributed by atoms with van der Waals surface area (Å²) in [5.41, 5.74) is 1.43. The van der Waals surface area contributed by atoms with Crippen LogP contribution in [-0.2, 0) is 13.2 Å². The van der Waals surface area contributed by atoms with Crippen molar-refractivity contribution in [1.82, 2.24) is 9.78 Å². The summed E-state index contributed by atoms with van der Waals surface area (Å²) in [4.78, 5) is 3.84. The van der Waals surface area contributed by atoms with Gasteiger partial charge in [-0.05, 0) is 17.7 Å². The number of halogens is 3. The summed E-state index contributed by atoms with van der Waals surface area (Å²) in [7, 11) is 5.40. The molecule has 0 unspecified atom stereocenters. The lowest BCUT2D eigenvalue weighted by Gasteiger charge is -2.35. The summed E-state index contributed by atoms with van der Waals surface area (Å²) in [6.07, 6.45) is 4.19. The molecule has 28 heavy (non-hydrogen) atoms.